The first-order chi connectivity index (χ1) is 30.2. The van der Waals surface area contributed by atoms with Gasteiger partial charge < -0.3 is 9.32 Å². The molecule has 0 fully saturated rings. The topological polar surface area (TPSA) is 16.4 Å². The van der Waals surface area contributed by atoms with Crippen molar-refractivity contribution in [2.75, 3.05) is 4.90 Å². The van der Waals surface area contributed by atoms with E-state index in [1.807, 2.05) is 0 Å². The second-order valence-corrected chi connectivity index (χ2v) is 16.0. The minimum atomic E-state index is -0.511. The smallest absolute Gasteiger partial charge is 0.136 e. The van der Waals surface area contributed by atoms with E-state index in [2.05, 4.69) is 241 Å². The highest BCUT2D eigenvalue weighted by Crippen LogP contribution is 2.57. The molecule has 2 nitrogen and oxygen atoms in total. The zero-order chi connectivity index (χ0) is 40.3. The molecular formula is C59H39NO. The molecule has 0 atom stereocenters. The summed E-state index contributed by atoms with van der Waals surface area (Å²) in [4.78, 5) is 2.42. The second kappa shape index (κ2) is 14.1. The highest BCUT2D eigenvalue weighted by atomic mass is 16.3. The van der Waals surface area contributed by atoms with Gasteiger partial charge in [0.2, 0.25) is 0 Å². The van der Waals surface area contributed by atoms with Crippen molar-refractivity contribution in [1.29, 1.82) is 0 Å². The number of nitrogens with zero attached hydrogens (tertiary/aromatic N) is 1. The van der Waals surface area contributed by atoms with E-state index < -0.39 is 5.41 Å². The number of hydrogen-bond acceptors (Lipinski definition) is 2. The van der Waals surface area contributed by atoms with E-state index in [-0.39, 0.29) is 0 Å². The van der Waals surface area contributed by atoms with Crippen LogP contribution in [0.1, 0.15) is 22.3 Å². The lowest BCUT2D eigenvalue weighted by atomic mass is 9.67. The molecule has 1 aromatic heterocycles. The Bertz CT molecular complexity index is 3350. The summed E-state index contributed by atoms with van der Waals surface area (Å²) in [5.74, 6) is 0. The van der Waals surface area contributed by atoms with Gasteiger partial charge in [-0.05, 0) is 121 Å². The van der Waals surface area contributed by atoms with Gasteiger partial charge in [-0.15, -0.1) is 0 Å². The molecule has 1 heterocycles. The molecule has 0 amide bonds. The molecule has 286 valence electrons. The van der Waals surface area contributed by atoms with E-state index in [1.165, 1.54) is 61.0 Å². The quantitative estimate of drug-likeness (QED) is 0.160. The van der Waals surface area contributed by atoms with Gasteiger partial charge in [0, 0.05) is 27.8 Å². The number of rotatable bonds is 7. The summed E-state index contributed by atoms with van der Waals surface area (Å²) in [6, 6.07) is 86.1. The molecular weight excluding hydrogens is 739 g/mol. The van der Waals surface area contributed by atoms with Gasteiger partial charge in [0.25, 0.3) is 0 Å². The van der Waals surface area contributed by atoms with Crippen molar-refractivity contribution in [2.45, 2.75) is 5.41 Å². The predicted molar refractivity (Wildman–Crippen MR) is 254 cm³/mol. The van der Waals surface area contributed by atoms with Gasteiger partial charge in [-0.25, -0.2) is 0 Å². The number of furan rings is 1. The fourth-order valence-electron chi connectivity index (χ4n) is 9.99. The lowest BCUT2D eigenvalue weighted by Crippen LogP contribution is -2.28. The highest BCUT2D eigenvalue weighted by molar-refractivity contribution is 6.19. The zero-order valence-corrected chi connectivity index (χ0v) is 33.4. The maximum atomic E-state index is 6.47. The van der Waals surface area contributed by atoms with Crippen molar-refractivity contribution in [3.8, 4) is 33.4 Å². The van der Waals surface area contributed by atoms with Crippen molar-refractivity contribution in [3.05, 3.63) is 259 Å². The van der Waals surface area contributed by atoms with Crippen molar-refractivity contribution >= 4 is 49.8 Å². The van der Waals surface area contributed by atoms with Crippen molar-refractivity contribution < 1.29 is 4.42 Å². The van der Waals surface area contributed by atoms with Gasteiger partial charge in [-0.1, -0.05) is 182 Å². The summed E-state index contributed by atoms with van der Waals surface area (Å²) in [5.41, 5.74) is 16.9. The Morgan fingerprint density at radius 1 is 0.328 bits per heavy atom. The largest absolute Gasteiger partial charge is 0.456 e. The van der Waals surface area contributed by atoms with E-state index in [9.17, 15) is 0 Å². The summed E-state index contributed by atoms with van der Waals surface area (Å²) in [7, 11) is 0. The Hall–Kier alpha value is -7.94. The number of fused-ring (bicyclic) bond motifs is 8. The van der Waals surface area contributed by atoms with E-state index in [0.717, 1.165) is 44.4 Å². The molecule has 0 aliphatic heterocycles. The maximum absolute atomic E-state index is 6.47. The molecule has 0 N–H and O–H groups in total. The molecule has 1 aliphatic carbocycles. The molecule has 0 saturated heterocycles. The number of benzene rings is 10. The van der Waals surface area contributed by atoms with Gasteiger partial charge in [-0.2, -0.15) is 0 Å². The first-order valence-electron chi connectivity index (χ1n) is 21.0. The van der Waals surface area contributed by atoms with Gasteiger partial charge in [0.1, 0.15) is 11.2 Å². The first-order valence-corrected chi connectivity index (χ1v) is 21.0. The molecule has 0 saturated carbocycles. The SMILES string of the molecule is c1ccc(-c2ccc(N(c3ccc4c(c3)C(c3ccccc3)(c3ccccc3)c3ccccc3-4)c3ccc4c(ccc5oc6ccc(-c7ccccc7)cc6c54)c3)cc2)cc1. The van der Waals surface area contributed by atoms with Crippen LogP contribution in [0.4, 0.5) is 17.1 Å². The third kappa shape index (κ3) is 5.57. The van der Waals surface area contributed by atoms with Gasteiger partial charge in [-0.3, -0.25) is 0 Å². The molecule has 0 spiro atoms. The van der Waals surface area contributed by atoms with Crippen molar-refractivity contribution in [2.24, 2.45) is 0 Å². The molecule has 10 aromatic carbocycles. The number of hydrogen-bond donors (Lipinski definition) is 0. The van der Waals surface area contributed by atoms with E-state index in [4.69, 9.17) is 4.42 Å². The van der Waals surface area contributed by atoms with Crippen LogP contribution in [0, 0.1) is 0 Å². The molecule has 11 aromatic rings. The Balaban J connectivity index is 1.07. The Morgan fingerprint density at radius 3 is 1.56 bits per heavy atom. The molecule has 12 rings (SSSR count). The molecule has 0 unspecified atom stereocenters. The maximum Gasteiger partial charge on any atom is 0.136 e. The van der Waals surface area contributed by atoms with Gasteiger partial charge in [0.05, 0.1) is 5.41 Å². The average molecular weight is 778 g/mol. The van der Waals surface area contributed by atoms with E-state index in [0.29, 0.717) is 0 Å². The Kier molecular flexibility index (Phi) is 8.11. The molecule has 0 radical (unpaired) electrons. The third-order valence-electron chi connectivity index (χ3n) is 12.7. The Labute approximate surface area is 355 Å². The van der Waals surface area contributed by atoms with Crippen LogP contribution in [0.15, 0.2) is 241 Å². The molecule has 2 heteroatoms. The van der Waals surface area contributed by atoms with Crippen LogP contribution >= 0.6 is 0 Å². The van der Waals surface area contributed by atoms with Crippen molar-refractivity contribution in [3.63, 3.8) is 0 Å². The third-order valence-corrected chi connectivity index (χ3v) is 12.7. The molecule has 1 aliphatic rings. The van der Waals surface area contributed by atoms with Crippen LogP contribution in [-0.4, -0.2) is 0 Å². The van der Waals surface area contributed by atoms with Crippen LogP contribution in [0.2, 0.25) is 0 Å². The van der Waals surface area contributed by atoms with E-state index >= 15 is 0 Å². The van der Waals surface area contributed by atoms with Crippen molar-refractivity contribution in [1.82, 2.24) is 0 Å². The fourth-order valence-corrected chi connectivity index (χ4v) is 9.99. The summed E-state index contributed by atoms with van der Waals surface area (Å²) in [6.45, 7) is 0. The minimum absolute atomic E-state index is 0.511. The monoisotopic (exact) mass is 777 g/mol. The van der Waals surface area contributed by atoms with Crippen LogP contribution in [0.25, 0.3) is 66.1 Å². The fraction of sp³-hybridized carbons (Fsp3) is 0.0169. The van der Waals surface area contributed by atoms with Crippen LogP contribution in [-0.2, 0) is 5.41 Å². The van der Waals surface area contributed by atoms with Crippen LogP contribution < -0.4 is 4.90 Å². The Morgan fingerprint density at radius 2 is 0.852 bits per heavy atom. The number of anilines is 3. The van der Waals surface area contributed by atoms with E-state index in [1.54, 1.807) is 0 Å². The molecule has 61 heavy (non-hydrogen) atoms. The van der Waals surface area contributed by atoms with Crippen LogP contribution in [0.5, 0.6) is 0 Å². The normalized spacial score (nSPS) is 12.7. The minimum Gasteiger partial charge on any atom is -0.456 e. The lowest BCUT2D eigenvalue weighted by molar-refractivity contribution is 0.669. The summed E-state index contributed by atoms with van der Waals surface area (Å²) in [5, 5.41) is 4.59. The van der Waals surface area contributed by atoms with Crippen LogP contribution in [0.3, 0.4) is 0 Å². The first kappa shape index (κ1) is 35.0. The standard InChI is InChI=1S/C59H39NO/c1-5-15-40(16-6-1)42-25-29-47(30-26-42)60(48-31-33-50-44(37-48)28-36-57-58(50)53-38-43(27-35-56(53)61-57)41-17-7-2-8-18-41)49-32-34-52-51-23-13-14-24-54(51)59(55(52)39-49,45-19-9-3-10-20-45)46-21-11-4-12-22-46/h1-39H. The average Bonchev–Trinajstić information content (AvgIpc) is 3.86. The summed E-state index contributed by atoms with van der Waals surface area (Å²) >= 11 is 0. The second-order valence-electron chi connectivity index (χ2n) is 16.0. The zero-order valence-electron chi connectivity index (χ0n) is 33.4. The van der Waals surface area contributed by atoms with Gasteiger partial charge in [0.15, 0.2) is 0 Å². The molecule has 0 bridgehead atoms. The predicted octanol–water partition coefficient (Wildman–Crippen LogP) is 15.9. The summed E-state index contributed by atoms with van der Waals surface area (Å²) < 4.78 is 6.47. The summed E-state index contributed by atoms with van der Waals surface area (Å²) in [6.07, 6.45) is 0. The highest BCUT2D eigenvalue weighted by Gasteiger charge is 2.46. The van der Waals surface area contributed by atoms with Gasteiger partial charge >= 0.3 is 0 Å². The lowest BCUT2D eigenvalue weighted by Gasteiger charge is -2.35.